The summed E-state index contributed by atoms with van der Waals surface area (Å²) in [4.78, 5) is 0. The quantitative estimate of drug-likeness (QED) is 0.767. The van der Waals surface area contributed by atoms with E-state index in [9.17, 15) is 0 Å². The first kappa shape index (κ1) is 12.1. The highest BCUT2D eigenvalue weighted by Gasteiger charge is 2.06. The summed E-state index contributed by atoms with van der Waals surface area (Å²) in [6.07, 6.45) is 4.76. The van der Waals surface area contributed by atoms with Gasteiger partial charge in [-0.15, -0.1) is 10.2 Å². The molecule has 0 bridgehead atoms. The summed E-state index contributed by atoms with van der Waals surface area (Å²) < 4.78 is 12.0. The summed E-state index contributed by atoms with van der Waals surface area (Å²) in [6, 6.07) is 3.79. The molecular weight excluding hydrogens is 232 g/mol. The third-order valence-corrected chi connectivity index (χ3v) is 2.51. The van der Waals surface area contributed by atoms with Crippen LogP contribution in [0.25, 0.3) is 0 Å². The number of hydrogen-bond acceptors (Lipinski definition) is 5. The van der Waals surface area contributed by atoms with Gasteiger partial charge in [0.15, 0.2) is 11.5 Å². The first-order chi connectivity index (χ1) is 8.74. The molecule has 6 heteroatoms. The Kier molecular flexibility index (Phi) is 3.57. The van der Waals surface area contributed by atoms with E-state index < -0.39 is 0 Å². The highest BCUT2D eigenvalue weighted by molar-refractivity contribution is 5.83. The van der Waals surface area contributed by atoms with E-state index in [0.29, 0.717) is 11.5 Å². The third-order valence-electron chi connectivity index (χ3n) is 2.51. The molecule has 1 aromatic heterocycles. The Morgan fingerprint density at radius 1 is 1.11 bits per heavy atom. The van der Waals surface area contributed by atoms with E-state index in [1.165, 1.54) is 17.3 Å². The molecule has 0 aliphatic carbocycles. The Morgan fingerprint density at radius 2 is 1.72 bits per heavy atom. The molecule has 0 aliphatic heterocycles. The topological polar surface area (TPSA) is 61.5 Å². The maximum absolute atomic E-state index is 5.25. The van der Waals surface area contributed by atoms with Crippen molar-refractivity contribution in [2.24, 2.45) is 5.10 Å². The van der Waals surface area contributed by atoms with Crippen LogP contribution >= 0.6 is 0 Å². The first-order valence-corrected chi connectivity index (χ1v) is 5.36. The molecule has 0 atom stereocenters. The number of aryl methyl sites for hydroxylation is 1. The van der Waals surface area contributed by atoms with Crippen LogP contribution in [0.4, 0.5) is 0 Å². The first-order valence-electron chi connectivity index (χ1n) is 5.36. The van der Waals surface area contributed by atoms with Crippen molar-refractivity contribution < 1.29 is 9.47 Å². The van der Waals surface area contributed by atoms with Crippen molar-refractivity contribution in [1.82, 2.24) is 14.9 Å². The molecule has 0 aliphatic rings. The average molecular weight is 246 g/mol. The van der Waals surface area contributed by atoms with E-state index >= 15 is 0 Å². The smallest absolute Gasteiger partial charge is 0.161 e. The molecule has 2 aromatic rings. The van der Waals surface area contributed by atoms with Crippen LogP contribution in [0.2, 0.25) is 0 Å². The molecule has 0 saturated carbocycles. The fraction of sp³-hybridized carbons (Fsp3) is 0.250. The van der Waals surface area contributed by atoms with E-state index in [1.54, 1.807) is 20.4 Å². The Morgan fingerprint density at radius 3 is 2.33 bits per heavy atom. The van der Waals surface area contributed by atoms with Crippen molar-refractivity contribution in [3.05, 3.63) is 35.9 Å². The van der Waals surface area contributed by atoms with Crippen LogP contribution in [0.15, 0.2) is 29.9 Å². The zero-order valence-corrected chi connectivity index (χ0v) is 10.5. The monoisotopic (exact) mass is 246 g/mol. The molecule has 6 nitrogen and oxygen atoms in total. The Hall–Kier alpha value is -2.37. The van der Waals surface area contributed by atoms with Crippen molar-refractivity contribution in [2.45, 2.75) is 6.92 Å². The molecule has 18 heavy (non-hydrogen) atoms. The van der Waals surface area contributed by atoms with Crippen molar-refractivity contribution >= 4 is 6.21 Å². The number of ether oxygens (including phenoxy) is 2. The number of hydrogen-bond donors (Lipinski definition) is 0. The van der Waals surface area contributed by atoms with Gasteiger partial charge >= 0.3 is 0 Å². The van der Waals surface area contributed by atoms with Crippen molar-refractivity contribution in [2.75, 3.05) is 14.2 Å². The van der Waals surface area contributed by atoms with E-state index in [4.69, 9.17) is 9.47 Å². The lowest BCUT2D eigenvalue weighted by atomic mass is 10.1. The van der Waals surface area contributed by atoms with E-state index in [1.807, 2.05) is 19.1 Å². The zero-order valence-electron chi connectivity index (χ0n) is 10.5. The van der Waals surface area contributed by atoms with E-state index in [0.717, 1.165) is 11.1 Å². The van der Waals surface area contributed by atoms with Gasteiger partial charge in [0, 0.05) is 5.56 Å². The maximum atomic E-state index is 5.25. The molecule has 94 valence electrons. The van der Waals surface area contributed by atoms with Crippen molar-refractivity contribution in [1.29, 1.82) is 0 Å². The van der Waals surface area contributed by atoms with Gasteiger partial charge in [0.2, 0.25) is 0 Å². The minimum absolute atomic E-state index is 0.674. The summed E-state index contributed by atoms with van der Waals surface area (Å²) in [5.41, 5.74) is 1.99. The average Bonchev–Trinajstić information content (AvgIpc) is 2.90. The van der Waals surface area contributed by atoms with Crippen LogP contribution in [0.3, 0.4) is 0 Å². The maximum Gasteiger partial charge on any atom is 0.161 e. The van der Waals surface area contributed by atoms with Gasteiger partial charge in [-0.1, -0.05) is 0 Å². The lowest BCUT2D eigenvalue weighted by molar-refractivity contribution is 0.354. The summed E-state index contributed by atoms with van der Waals surface area (Å²) in [5, 5.41) is 11.5. The molecule has 0 N–H and O–H groups in total. The fourth-order valence-electron chi connectivity index (χ4n) is 1.52. The van der Waals surface area contributed by atoms with Gasteiger partial charge in [0.25, 0.3) is 0 Å². The van der Waals surface area contributed by atoms with E-state index in [2.05, 4.69) is 15.3 Å². The van der Waals surface area contributed by atoms with Crippen LogP contribution in [0, 0.1) is 6.92 Å². The summed E-state index contributed by atoms with van der Waals surface area (Å²) in [7, 11) is 3.22. The van der Waals surface area contributed by atoms with Crippen LogP contribution in [0.5, 0.6) is 11.5 Å². The molecule has 0 amide bonds. The number of methoxy groups -OCH3 is 2. The third kappa shape index (κ3) is 2.48. The number of rotatable bonds is 4. The second kappa shape index (κ2) is 5.31. The SMILES string of the molecule is COc1cc(C)c(/C=N\n2cnnc2)cc1OC. The van der Waals surface area contributed by atoms with Crippen LogP contribution in [-0.4, -0.2) is 35.3 Å². The lowest BCUT2D eigenvalue weighted by Crippen LogP contribution is -1.96. The molecule has 1 heterocycles. The van der Waals surface area contributed by atoms with Crippen molar-refractivity contribution in [3.63, 3.8) is 0 Å². The molecule has 0 unspecified atom stereocenters. The Labute approximate surface area is 105 Å². The summed E-state index contributed by atoms with van der Waals surface area (Å²) >= 11 is 0. The van der Waals surface area contributed by atoms with Gasteiger partial charge in [0.05, 0.1) is 20.4 Å². The Bertz CT molecular complexity index is 549. The highest BCUT2D eigenvalue weighted by atomic mass is 16.5. The molecule has 2 rings (SSSR count). The second-order valence-electron chi connectivity index (χ2n) is 3.65. The normalized spacial score (nSPS) is 10.8. The predicted molar refractivity (Wildman–Crippen MR) is 67.3 cm³/mol. The van der Waals surface area contributed by atoms with Gasteiger partial charge in [0.1, 0.15) is 12.7 Å². The second-order valence-corrected chi connectivity index (χ2v) is 3.65. The van der Waals surface area contributed by atoms with Crippen LogP contribution in [-0.2, 0) is 0 Å². The van der Waals surface area contributed by atoms with Gasteiger partial charge in [-0.05, 0) is 24.6 Å². The van der Waals surface area contributed by atoms with E-state index in [-0.39, 0.29) is 0 Å². The molecule has 1 aromatic carbocycles. The van der Waals surface area contributed by atoms with Crippen molar-refractivity contribution in [3.8, 4) is 11.5 Å². The minimum atomic E-state index is 0.674. The predicted octanol–water partition coefficient (Wildman–Crippen LogP) is 1.49. The summed E-state index contributed by atoms with van der Waals surface area (Å²) in [5.74, 6) is 1.38. The molecule has 0 fully saturated rings. The number of nitrogens with zero attached hydrogens (tertiary/aromatic N) is 4. The summed E-state index contributed by atoms with van der Waals surface area (Å²) in [6.45, 7) is 1.98. The molecular formula is C12H14N4O2. The van der Waals surface area contributed by atoms with Gasteiger partial charge in [-0.3, -0.25) is 0 Å². The van der Waals surface area contributed by atoms with Crippen LogP contribution in [0.1, 0.15) is 11.1 Å². The van der Waals surface area contributed by atoms with Gasteiger partial charge in [-0.2, -0.15) is 5.10 Å². The highest BCUT2D eigenvalue weighted by Crippen LogP contribution is 2.29. The molecule has 0 radical (unpaired) electrons. The largest absolute Gasteiger partial charge is 0.493 e. The van der Waals surface area contributed by atoms with Gasteiger partial charge in [-0.25, -0.2) is 4.68 Å². The zero-order chi connectivity index (χ0) is 13.0. The van der Waals surface area contributed by atoms with Gasteiger partial charge < -0.3 is 9.47 Å². The molecule has 0 saturated heterocycles. The molecule has 0 spiro atoms. The Balaban J connectivity index is 2.33. The van der Waals surface area contributed by atoms with Crippen LogP contribution < -0.4 is 9.47 Å². The lowest BCUT2D eigenvalue weighted by Gasteiger charge is -2.10. The fourth-order valence-corrected chi connectivity index (χ4v) is 1.52. The minimum Gasteiger partial charge on any atom is -0.493 e. The number of benzene rings is 1. The standard InChI is InChI=1S/C12H14N4O2/c1-9-4-11(17-2)12(18-3)5-10(9)6-15-16-7-13-14-8-16/h4-8H,1-3H3/b15-6-. The number of aromatic nitrogens is 3.